The first kappa shape index (κ1) is 24.6. The monoisotopic (exact) mass is 475 g/mol. The van der Waals surface area contributed by atoms with Gasteiger partial charge in [0.1, 0.15) is 0 Å². The third-order valence-electron chi connectivity index (χ3n) is 6.64. The van der Waals surface area contributed by atoms with Crippen molar-refractivity contribution in [2.24, 2.45) is 0 Å². The van der Waals surface area contributed by atoms with Crippen LogP contribution >= 0.6 is 0 Å². The number of Topliss-reactive ketones (excluding diaryl/α,β-unsaturated/α-hetero) is 1. The van der Waals surface area contributed by atoms with Crippen molar-refractivity contribution < 1.29 is 23.8 Å². The Labute approximate surface area is 207 Å². The van der Waals surface area contributed by atoms with Crippen LogP contribution in [0.25, 0.3) is 0 Å². The number of allylic oxidation sites excluding steroid dienone is 3. The molecule has 1 aliphatic heterocycles. The molecule has 2 aliphatic rings. The van der Waals surface area contributed by atoms with E-state index in [0.29, 0.717) is 35.5 Å². The van der Waals surface area contributed by atoms with Crippen LogP contribution in [0.1, 0.15) is 62.1 Å². The minimum atomic E-state index is -0.462. The molecule has 0 amide bonds. The van der Waals surface area contributed by atoms with Crippen molar-refractivity contribution in [3.8, 4) is 11.5 Å². The van der Waals surface area contributed by atoms with E-state index in [2.05, 4.69) is 5.32 Å². The summed E-state index contributed by atoms with van der Waals surface area (Å²) in [6.45, 7) is 7.55. The van der Waals surface area contributed by atoms with Gasteiger partial charge in [0.25, 0.3) is 0 Å². The molecule has 4 rings (SSSR count). The summed E-state index contributed by atoms with van der Waals surface area (Å²) in [5, 5.41) is 3.40. The first-order chi connectivity index (χ1) is 16.7. The maximum absolute atomic E-state index is 13.7. The third-order valence-corrected chi connectivity index (χ3v) is 6.64. The Hall–Kier alpha value is -3.54. The summed E-state index contributed by atoms with van der Waals surface area (Å²) in [7, 11) is 3.21. The van der Waals surface area contributed by atoms with Gasteiger partial charge in [-0.05, 0) is 63.3 Å². The van der Waals surface area contributed by atoms with Crippen LogP contribution in [0.2, 0.25) is 0 Å². The van der Waals surface area contributed by atoms with Gasteiger partial charge in [-0.15, -0.1) is 0 Å². The van der Waals surface area contributed by atoms with E-state index in [1.165, 1.54) is 0 Å². The summed E-state index contributed by atoms with van der Waals surface area (Å²) in [4.78, 5) is 26.9. The van der Waals surface area contributed by atoms with Gasteiger partial charge in [0.2, 0.25) is 0 Å². The van der Waals surface area contributed by atoms with Gasteiger partial charge in [-0.2, -0.15) is 0 Å². The van der Waals surface area contributed by atoms with E-state index in [0.717, 1.165) is 28.1 Å². The molecular formula is C29H33NO5. The van der Waals surface area contributed by atoms with Crippen molar-refractivity contribution in [2.45, 2.75) is 58.5 Å². The Kier molecular flexibility index (Phi) is 7.01. The fourth-order valence-electron chi connectivity index (χ4n) is 5.11. The number of carbonyl (C=O) groups excluding carboxylic acids is 2. The molecule has 1 aliphatic carbocycles. The zero-order valence-corrected chi connectivity index (χ0v) is 21.2. The van der Waals surface area contributed by atoms with Crippen LogP contribution in [0, 0.1) is 6.92 Å². The highest BCUT2D eigenvalue weighted by molar-refractivity contribution is 6.04. The fraction of sp³-hybridized carbons (Fsp3) is 0.379. The highest BCUT2D eigenvalue weighted by atomic mass is 16.5. The molecule has 1 N–H and O–H groups in total. The van der Waals surface area contributed by atoms with Gasteiger partial charge >= 0.3 is 5.97 Å². The number of ketones is 1. The van der Waals surface area contributed by atoms with Crippen LogP contribution < -0.4 is 14.8 Å². The first-order valence-electron chi connectivity index (χ1n) is 12.0. The van der Waals surface area contributed by atoms with E-state index in [1.54, 1.807) is 14.2 Å². The second-order valence-electron chi connectivity index (χ2n) is 9.50. The zero-order chi connectivity index (χ0) is 25.3. The van der Waals surface area contributed by atoms with E-state index < -0.39 is 11.9 Å². The number of benzene rings is 2. The molecule has 1 heterocycles. The number of ether oxygens (including phenoxy) is 3. The lowest BCUT2D eigenvalue weighted by Crippen LogP contribution is -2.36. The Morgan fingerprint density at radius 3 is 2.37 bits per heavy atom. The molecule has 0 saturated carbocycles. The van der Waals surface area contributed by atoms with Crippen molar-refractivity contribution in [1.29, 1.82) is 0 Å². The predicted molar refractivity (Wildman–Crippen MR) is 135 cm³/mol. The van der Waals surface area contributed by atoms with Crippen molar-refractivity contribution in [3.05, 3.63) is 81.7 Å². The summed E-state index contributed by atoms with van der Waals surface area (Å²) in [6, 6.07) is 13.8. The second-order valence-corrected chi connectivity index (χ2v) is 9.50. The number of nitrogens with one attached hydrogen (secondary N) is 1. The van der Waals surface area contributed by atoms with E-state index in [9.17, 15) is 9.59 Å². The van der Waals surface area contributed by atoms with Crippen LogP contribution in [-0.2, 0) is 14.3 Å². The van der Waals surface area contributed by atoms with E-state index in [1.807, 2.05) is 70.2 Å². The van der Waals surface area contributed by atoms with Gasteiger partial charge in [0.15, 0.2) is 17.3 Å². The lowest BCUT2D eigenvalue weighted by molar-refractivity contribution is -0.143. The van der Waals surface area contributed by atoms with Crippen LogP contribution in [-0.4, -0.2) is 32.1 Å². The second kappa shape index (κ2) is 9.98. The standard InChI is InChI=1S/C29H33NO5/c1-16(2)35-29(32)26-18(4)30-22-13-21(19-10-11-24(33-5)25(15-19)34-6)14-23(31)28(22)27(26)20-9-7-8-17(3)12-20/h7-12,15-16,21,27,30H,13-14H2,1-6H3/t21-,27+/m1/s1. The minimum absolute atomic E-state index is 0.0105. The molecule has 0 saturated heterocycles. The molecule has 2 aromatic rings. The molecule has 6 heteroatoms. The lowest BCUT2D eigenvalue weighted by atomic mass is 9.71. The third kappa shape index (κ3) is 4.83. The van der Waals surface area contributed by atoms with Crippen LogP contribution in [0.3, 0.4) is 0 Å². The zero-order valence-electron chi connectivity index (χ0n) is 21.2. The number of carbonyl (C=O) groups is 2. The molecule has 0 fully saturated rings. The molecule has 2 atom stereocenters. The van der Waals surface area contributed by atoms with Crippen LogP contribution in [0.15, 0.2) is 65.0 Å². The Balaban J connectivity index is 1.77. The number of hydrogen-bond donors (Lipinski definition) is 1. The number of rotatable bonds is 6. The number of hydrogen-bond acceptors (Lipinski definition) is 6. The molecule has 0 unspecified atom stereocenters. The molecule has 0 aromatic heterocycles. The average molecular weight is 476 g/mol. The summed E-state index contributed by atoms with van der Waals surface area (Å²) in [5.74, 6) is 0.465. The van der Waals surface area contributed by atoms with Gasteiger partial charge in [-0.3, -0.25) is 4.79 Å². The average Bonchev–Trinajstić information content (AvgIpc) is 2.82. The van der Waals surface area contributed by atoms with Crippen molar-refractivity contribution in [2.75, 3.05) is 14.2 Å². The Bertz CT molecular complexity index is 1220. The smallest absolute Gasteiger partial charge is 0.337 e. The lowest BCUT2D eigenvalue weighted by Gasteiger charge is -2.37. The SMILES string of the molecule is COc1ccc([C@H]2CC(=O)C3=C(C2)NC(C)=C(C(=O)OC(C)C)[C@@H]3c2cccc(C)c2)cc1OC. The molecule has 184 valence electrons. The van der Waals surface area contributed by atoms with Gasteiger partial charge in [-0.25, -0.2) is 4.79 Å². The Morgan fingerprint density at radius 1 is 0.971 bits per heavy atom. The number of aryl methyl sites for hydroxylation is 1. The fourth-order valence-corrected chi connectivity index (χ4v) is 5.11. The maximum atomic E-state index is 13.7. The first-order valence-corrected chi connectivity index (χ1v) is 12.0. The number of dihydropyridines is 1. The summed E-state index contributed by atoms with van der Waals surface area (Å²) in [5.41, 5.74) is 5.77. The molecule has 6 nitrogen and oxygen atoms in total. The van der Waals surface area contributed by atoms with Crippen LogP contribution in [0.4, 0.5) is 0 Å². The number of esters is 1. The topological polar surface area (TPSA) is 73.9 Å². The quantitative estimate of drug-likeness (QED) is 0.570. The molecule has 0 spiro atoms. The molecule has 2 aromatic carbocycles. The van der Waals surface area contributed by atoms with Gasteiger partial charge in [-0.1, -0.05) is 35.9 Å². The van der Waals surface area contributed by atoms with E-state index >= 15 is 0 Å². The maximum Gasteiger partial charge on any atom is 0.337 e. The van der Waals surface area contributed by atoms with Gasteiger partial charge in [0.05, 0.1) is 25.9 Å². The van der Waals surface area contributed by atoms with E-state index in [4.69, 9.17) is 14.2 Å². The summed E-state index contributed by atoms with van der Waals surface area (Å²) < 4.78 is 16.4. The van der Waals surface area contributed by atoms with Gasteiger partial charge < -0.3 is 19.5 Å². The van der Waals surface area contributed by atoms with Crippen molar-refractivity contribution in [1.82, 2.24) is 5.32 Å². The molecule has 0 bridgehead atoms. The summed E-state index contributed by atoms with van der Waals surface area (Å²) in [6.07, 6.45) is 0.750. The molecule has 35 heavy (non-hydrogen) atoms. The minimum Gasteiger partial charge on any atom is -0.493 e. The molecule has 0 radical (unpaired) electrons. The predicted octanol–water partition coefficient (Wildman–Crippen LogP) is 5.33. The molecular weight excluding hydrogens is 442 g/mol. The largest absolute Gasteiger partial charge is 0.493 e. The highest BCUT2D eigenvalue weighted by Gasteiger charge is 2.41. The van der Waals surface area contributed by atoms with Crippen LogP contribution in [0.5, 0.6) is 11.5 Å². The summed E-state index contributed by atoms with van der Waals surface area (Å²) >= 11 is 0. The van der Waals surface area contributed by atoms with Crippen molar-refractivity contribution >= 4 is 11.8 Å². The normalized spacial score (nSPS) is 19.9. The highest BCUT2D eigenvalue weighted by Crippen LogP contribution is 2.46. The van der Waals surface area contributed by atoms with E-state index in [-0.39, 0.29) is 17.8 Å². The number of methoxy groups -OCH3 is 2. The Morgan fingerprint density at radius 2 is 1.71 bits per heavy atom. The van der Waals surface area contributed by atoms with Crippen molar-refractivity contribution in [3.63, 3.8) is 0 Å². The van der Waals surface area contributed by atoms with Gasteiger partial charge in [0, 0.05) is 29.3 Å².